The number of aromatic nitrogens is 2. The van der Waals surface area contributed by atoms with Crippen molar-refractivity contribution >= 4 is 12.1 Å². The zero-order valence-electron chi connectivity index (χ0n) is 17.9. The van der Waals surface area contributed by atoms with Gasteiger partial charge in [0.25, 0.3) is 0 Å². The number of carbonyl (C=O) groups excluding carboxylic acids is 1. The van der Waals surface area contributed by atoms with Crippen LogP contribution in [0.3, 0.4) is 0 Å². The maximum absolute atomic E-state index is 11.7. The van der Waals surface area contributed by atoms with E-state index in [9.17, 15) is 4.79 Å². The topological polar surface area (TPSA) is 92.6 Å². The number of guanidine groups is 1. The Hall–Kier alpha value is -2.25. The molecule has 3 N–H and O–H groups in total. The third-order valence-electron chi connectivity index (χ3n) is 3.85. The zero-order valence-corrected chi connectivity index (χ0v) is 17.9. The second-order valence-corrected chi connectivity index (χ2v) is 7.25. The van der Waals surface area contributed by atoms with Gasteiger partial charge in [-0.1, -0.05) is 13.8 Å². The summed E-state index contributed by atoms with van der Waals surface area (Å²) in [5.74, 6) is 0.719. The van der Waals surface area contributed by atoms with Gasteiger partial charge in [0.05, 0.1) is 12.2 Å². The van der Waals surface area contributed by atoms with E-state index in [0.29, 0.717) is 19.6 Å². The predicted octanol–water partition coefficient (Wildman–Crippen LogP) is 2.12. The van der Waals surface area contributed by atoms with Crippen LogP contribution in [0, 0.1) is 0 Å². The van der Waals surface area contributed by atoms with Crippen molar-refractivity contribution in [1.29, 1.82) is 0 Å². The highest BCUT2D eigenvalue weighted by Gasteiger charge is 2.15. The van der Waals surface area contributed by atoms with Crippen LogP contribution in [0.5, 0.6) is 0 Å². The van der Waals surface area contributed by atoms with Crippen LogP contribution in [0.2, 0.25) is 0 Å². The molecule has 1 aromatic rings. The van der Waals surface area contributed by atoms with E-state index in [-0.39, 0.29) is 0 Å². The van der Waals surface area contributed by atoms with Gasteiger partial charge in [0.1, 0.15) is 5.60 Å². The van der Waals surface area contributed by atoms with Gasteiger partial charge in [-0.2, -0.15) is 5.10 Å². The number of alkyl carbamates (subject to hydrolysis) is 1. The Morgan fingerprint density at radius 2 is 1.78 bits per heavy atom. The van der Waals surface area contributed by atoms with Crippen molar-refractivity contribution in [2.24, 2.45) is 12.0 Å². The molecule has 1 heterocycles. The molecule has 0 spiro atoms. The average molecular weight is 381 g/mol. The fraction of sp³-hybridized carbons (Fsp3) is 0.737. The first-order chi connectivity index (χ1) is 12.7. The molecule has 0 radical (unpaired) electrons. The van der Waals surface area contributed by atoms with E-state index in [4.69, 9.17) is 4.74 Å². The molecule has 0 aliphatic heterocycles. The van der Waals surface area contributed by atoms with Gasteiger partial charge in [0, 0.05) is 37.9 Å². The average Bonchev–Trinajstić information content (AvgIpc) is 2.89. The molecule has 154 valence electrons. The summed E-state index contributed by atoms with van der Waals surface area (Å²) in [5, 5.41) is 13.8. The lowest BCUT2D eigenvalue weighted by Crippen LogP contribution is -2.42. The first-order valence-electron chi connectivity index (χ1n) is 9.74. The summed E-state index contributed by atoms with van der Waals surface area (Å²) >= 11 is 0. The Bertz CT molecular complexity index is 631. The highest BCUT2D eigenvalue weighted by atomic mass is 16.6. The zero-order chi connectivity index (χ0) is 20.4. The molecule has 1 rings (SSSR count). The molecule has 0 aromatic carbocycles. The summed E-state index contributed by atoms with van der Waals surface area (Å²) in [6.45, 7) is 14.1. The maximum atomic E-state index is 11.7. The van der Waals surface area contributed by atoms with Gasteiger partial charge in [0.15, 0.2) is 5.96 Å². The lowest BCUT2D eigenvalue weighted by atomic mass is 10.1. The molecule has 0 bridgehead atoms. The first-order valence-corrected chi connectivity index (χ1v) is 9.74. The van der Waals surface area contributed by atoms with E-state index in [1.165, 1.54) is 11.3 Å². The Labute approximate surface area is 163 Å². The summed E-state index contributed by atoms with van der Waals surface area (Å²) in [7, 11) is 1.98. The van der Waals surface area contributed by atoms with Gasteiger partial charge in [0.2, 0.25) is 0 Å². The number of nitrogens with one attached hydrogen (secondary N) is 3. The first kappa shape index (κ1) is 22.8. The van der Waals surface area contributed by atoms with E-state index in [2.05, 4.69) is 39.9 Å². The van der Waals surface area contributed by atoms with Crippen molar-refractivity contribution < 1.29 is 9.53 Å². The molecule has 8 nitrogen and oxygen atoms in total. The van der Waals surface area contributed by atoms with E-state index >= 15 is 0 Å². The highest BCUT2D eigenvalue weighted by molar-refractivity contribution is 5.79. The third kappa shape index (κ3) is 7.88. The number of rotatable bonds is 8. The molecular weight excluding hydrogens is 344 g/mol. The summed E-state index contributed by atoms with van der Waals surface area (Å²) in [4.78, 5) is 16.4. The Morgan fingerprint density at radius 3 is 2.33 bits per heavy atom. The van der Waals surface area contributed by atoms with Gasteiger partial charge in [-0.05, 0) is 40.5 Å². The fourth-order valence-electron chi connectivity index (χ4n) is 2.73. The molecular formula is C19H36N6O2. The van der Waals surface area contributed by atoms with E-state index < -0.39 is 11.7 Å². The fourth-order valence-corrected chi connectivity index (χ4v) is 2.73. The Kier molecular flexibility index (Phi) is 9.11. The van der Waals surface area contributed by atoms with Gasteiger partial charge in [-0.25, -0.2) is 9.79 Å². The SMILES string of the molecule is CCNC(=NCc1c(CC)nn(C)c1CC)NCCNC(=O)OC(C)(C)C. The van der Waals surface area contributed by atoms with Crippen molar-refractivity contribution in [2.45, 2.75) is 66.5 Å². The minimum atomic E-state index is -0.494. The van der Waals surface area contributed by atoms with Crippen LogP contribution < -0.4 is 16.0 Å². The number of carbonyl (C=O) groups is 1. The molecule has 0 saturated heterocycles. The van der Waals surface area contributed by atoms with Gasteiger partial charge in [-0.3, -0.25) is 4.68 Å². The molecule has 0 fully saturated rings. The number of hydrogen-bond acceptors (Lipinski definition) is 4. The minimum Gasteiger partial charge on any atom is -0.444 e. The standard InChI is InChI=1S/C19H36N6O2/c1-8-15-14(16(9-2)25(7)24-15)13-23-17(20-10-3)21-11-12-22-18(26)27-19(4,5)6/h8-13H2,1-7H3,(H,22,26)(H2,20,21,23). The summed E-state index contributed by atoms with van der Waals surface area (Å²) in [5.41, 5.74) is 3.02. The second-order valence-electron chi connectivity index (χ2n) is 7.25. The van der Waals surface area contributed by atoms with Gasteiger partial charge >= 0.3 is 6.09 Å². The second kappa shape index (κ2) is 10.8. The molecule has 27 heavy (non-hydrogen) atoms. The van der Waals surface area contributed by atoms with Crippen molar-refractivity contribution in [2.75, 3.05) is 19.6 Å². The van der Waals surface area contributed by atoms with Crippen LogP contribution >= 0.6 is 0 Å². The largest absolute Gasteiger partial charge is 0.444 e. The lowest BCUT2D eigenvalue weighted by molar-refractivity contribution is 0.0529. The van der Waals surface area contributed by atoms with E-state index in [1.807, 2.05) is 39.4 Å². The van der Waals surface area contributed by atoms with E-state index in [0.717, 1.165) is 31.0 Å². The van der Waals surface area contributed by atoms with Crippen molar-refractivity contribution in [3.05, 3.63) is 17.0 Å². The van der Waals surface area contributed by atoms with Crippen LogP contribution in [0.15, 0.2) is 4.99 Å². The Balaban J connectivity index is 2.62. The minimum absolute atomic E-state index is 0.415. The maximum Gasteiger partial charge on any atom is 0.407 e. The highest BCUT2D eigenvalue weighted by Crippen LogP contribution is 2.16. The molecule has 0 atom stereocenters. The van der Waals surface area contributed by atoms with Gasteiger partial charge in [-0.15, -0.1) is 0 Å². The Morgan fingerprint density at radius 1 is 1.11 bits per heavy atom. The van der Waals surface area contributed by atoms with Crippen LogP contribution in [0.25, 0.3) is 0 Å². The number of aryl methyl sites for hydroxylation is 2. The lowest BCUT2D eigenvalue weighted by Gasteiger charge is -2.20. The van der Waals surface area contributed by atoms with Crippen molar-refractivity contribution in [1.82, 2.24) is 25.7 Å². The van der Waals surface area contributed by atoms with Crippen molar-refractivity contribution in [3.63, 3.8) is 0 Å². The third-order valence-corrected chi connectivity index (χ3v) is 3.85. The summed E-state index contributed by atoms with van der Waals surface area (Å²) in [6, 6.07) is 0. The van der Waals surface area contributed by atoms with Gasteiger partial charge < -0.3 is 20.7 Å². The molecule has 0 aliphatic rings. The number of amides is 1. The van der Waals surface area contributed by atoms with Crippen molar-refractivity contribution in [3.8, 4) is 0 Å². The number of aliphatic imine (C=N–C) groups is 1. The van der Waals surface area contributed by atoms with Crippen LogP contribution in [-0.2, 0) is 31.2 Å². The summed E-state index contributed by atoms with van der Waals surface area (Å²) < 4.78 is 7.17. The molecule has 0 unspecified atom stereocenters. The van der Waals surface area contributed by atoms with Crippen LogP contribution in [0.4, 0.5) is 4.79 Å². The molecule has 1 amide bonds. The number of hydrogen-bond donors (Lipinski definition) is 3. The normalized spacial score (nSPS) is 12.0. The molecule has 1 aromatic heterocycles. The van der Waals surface area contributed by atoms with Crippen LogP contribution in [0.1, 0.15) is 58.5 Å². The number of nitrogens with zero attached hydrogens (tertiary/aromatic N) is 3. The quantitative estimate of drug-likeness (QED) is 0.365. The molecule has 0 aliphatic carbocycles. The smallest absolute Gasteiger partial charge is 0.407 e. The summed E-state index contributed by atoms with van der Waals surface area (Å²) in [6.07, 6.45) is 1.41. The van der Waals surface area contributed by atoms with E-state index in [1.54, 1.807) is 0 Å². The molecule has 8 heteroatoms. The predicted molar refractivity (Wildman–Crippen MR) is 109 cm³/mol. The molecule has 0 saturated carbocycles. The van der Waals surface area contributed by atoms with Crippen LogP contribution in [-0.4, -0.2) is 47.1 Å². The monoisotopic (exact) mass is 380 g/mol. The number of ether oxygens (including phenoxy) is 1.